The molecule has 3 aliphatic carbocycles. The van der Waals surface area contributed by atoms with Crippen LogP contribution in [0.4, 0.5) is 0 Å². The van der Waals surface area contributed by atoms with Crippen LogP contribution in [-0.4, -0.2) is 23.8 Å². The smallest absolute Gasteiger partial charge is 0.158 e. The third-order valence-electron chi connectivity index (χ3n) is 8.34. The van der Waals surface area contributed by atoms with E-state index >= 15 is 0 Å². The molecule has 1 saturated heterocycles. The molecule has 1 aliphatic heterocycles. The maximum atomic E-state index is 12.1. The first kappa shape index (κ1) is 15.8. The van der Waals surface area contributed by atoms with Crippen molar-refractivity contribution in [3.05, 3.63) is 12.2 Å². The fourth-order valence-corrected chi connectivity index (χ4v) is 6.71. The fraction of sp³-hybridized carbons (Fsp3) is 0.850. The Labute approximate surface area is 139 Å². The van der Waals surface area contributed by atoms with Gasteiger partial charge in [0.1, 0.15) is 6.29 Å². The average Bonchev–Trinajstić information content (AvgIpc) is 3.01. The highest BCUT2D eigenvalue weighted by molar-refractivity contribution is 5.56. The number of fused-ring (bicyclic) bond motifs is 3. The summed E-state index contributed by atoms with van der Waals surface area (Å²) in [5.41, 5.74) is 1.54. The SMILES string of the molecule is C=C1CC[C@H]2[C@H](C=O)[C@@H]([C@@]3(C)CC[C@H]4C[C@H]3[C@@H](O)O4)CC[C@]12C. The standard InChI is InChI=1S/C20H30O3/c1-12-4-5-15-14(11-21)16(7-9-19(12,15)2)20(3)8-6-13-10-17(20)18(22)23-13/h11,13-18,22H,1,4-10H2,2-3H3/t13-,14-,15-,16-,17-,18-,19+,20+/m0/s1. The number of aliphatic hydroxyl groups excluding tert-OH is 1. The molecule has 0 aromatic carbocycles. The number of ether oxygens (including phenoxy) is 1. The molecular weight excluding hydrogens is 288 g/mol. The summed E-state index contributed by atoms with van der Waals surface area (Å²) in [4.78, 5) is 12.1. The van der Waals surface area contributed by atoms with Crippen molar-refractivity contribution in [2.45, 2.75) is 71.2 Å². The molecule has 3 nitrogen and oxygen atoms in total. The molecule has 0 aromatic rings. The van der Waals surface area contributed by atoms with Crippen molar-refractivity contribution in [1.82, 2.24) is 0 Å². The van der Waals surface area contributed by atoms with Crippen LogP contribution >= 0.6 is 0 Å². The first-order valence-corrected chi connectivity index (χ1v) is 9.37. The summed E-state index contributed by atoms with van der Waals surface area (Å²) in [7, 11) is 0. The molecule has 0 amide bonds. The van der Waals surface area contributed by atoms with Gasteiger partial charge in [0.05, 0.1) is 6.10 Å². The number of aliphatic hydroxyl groups is 1. The molecule has 1 N–H and O–H groups in total. The minimum Gasteiger partial charge on any atom is -0.368 e. The van der Waals surface area contributed by atoms with Crippen LogP contribution < -0.4 is 0 Å². The van der Waals surface area contributed by atoms with Crippen LogP contribution in [0.25, 0.3) is 0 Å². The molecular formula is C20H30O3. The van der Waals surface area contributed by atoms with E-state index in [9.17, 15) is 9.90 Å². The Balaban J connectivity index is 1.66. The summed E-state index contributed by atoms with van der Waals surface area (Å²) in [5.74, 6) is 1.14. The second-order valence-electron chi connectivity index (χ2n) is 9.06. The number of aldehydes is 1. The molecule has 0 aromatic heterocycles. The van der Waals surface area contributed by atoms with Gasteiger partial charge in [-0.3, -0.25) is 0 Å². The molecule has 0 spiro atoms. The van der Waals surface area contributed by atoms with Gasteiger partial charge in [-0.05, 0) is 67.6 Å². The summed E-state index contributed by atoms with van der Waals surface area (Å²) < 4.78 is 5.72. The zero-order chi connectivity index (χ0) is 16.4. The van der Waals surface area contributed by atoms with Gasteiger partial charge in [0, 0.05) is 11.8 Å². The van der Waals surface area contributed by atoms with Crippen molar-refractivity contribution < 1.29 is 14.6 Å². The largest absolute Gasteiger partial charge is 0.368 e. The third kappa shape index (κ3) is 2.05. The molecule has 3 heteroatoms. The molecule has 0 unspecified atom stereocenters. The van der Waals surface area contributed by atoms with Crippen LogP contribution in [0.2, 0.25) is 0 Å². The molecule has 4 rings (SSSR count). The van der Waals surface area contributed by atoms with Gasteiger partial charge < -0.3 is 14.6 Å². The summed E-state index contributed by atoms with van der Waals surface area (Å²) in [6, 6.07) is 0. The van der Waals surface area contributed by atoms with E-state index in [2.05, 4.69) is 20.4 Å². The van der Waals surface area contributed by atoms with Crippen molar-refractivity contribution in [1.29, 1.82) is 0 Å². The molecule has 23 heavy (non-hydrogen) atoms. The molecule has 8 atom stereocenters. The van der Waals surface area contributed by atoms with Gasteiger partial charge in [0.25, 0.3) is 0 Å². The molecule has 2 bridgehead atoms. The van der Waals surface area contributed by atoms with E-state index in [-0.39, 0.29) is 28.8 Å². The van der Waals surface area contributed by atoms with Crippen LogP contribution in [0.1, 0.15) is 58.8 Å². The van der Waals surface area contributed by atoms with Crippen molar-refractivity contribution in [3.8, 4) is 0 Å². The Morgan fingerprint density at radius 1 is 1.17 bits per heavy atom. The summed E-state index contributed by atoms with van der Waals surface area (Å²) in [6.07, 6.45) is 8.33. The van der Waals surface area contributed by atoms with E-state index < -0.39 is 6.29 Å². The van der Waals surface area contributed by atoms with E-state index in [1.165, 1.54) is 11.9 Å². The highest BCUT2D eigenvalue weighted by Gasteiger charge is 2.59. The lowest BCUT2D eigenvalue weighted by molar-refractivity contribution is -0.139. The van der Waals surface area contributed by atoms with Gasteiger partial charge in [-0.2, -0.15) is 0 Å². The molecule has 4 fully saturated rings. The van der Waals surface area contributed by atoms with Crippen molar-refractivity contribution in [2.75, 3.05) is 0 Å². The van der Waals surface area contributed by atoms with Crippen LogP contribution in [0.5, 0.6) is 0 Å². The number of hydrogen-bond acceptors (Lipinski definition) is 3. The summed E-state index contributed by atoms with van der Waals surface area (Å²) >= 11 is 0. The predicted octanol–water partition coefficient (Wildman–Crippen LogP) is 3.71. The number of hydrogen-bond donors (Lipinski definition) is 1. The highest BCUT2D eigenvalue weighted by Crippen LogP contribution is 2.64. The van der Waals surface area contributed by atoms with E-state index in [0.29, 0.717) is 11.8 Å². The monoisotopic (exact) mass is 318 g/mol. The summed E-state index contributed by atoms with van der Waals surface area (Å²) in [6.45, 7) is 8.95. The van der Waals surface area contributed by atoms with E-state index in [0.717, 1.165) is 44.9 Å². The van der Waals surface area contributed by atoms with E-state index in [1.807, 2.05) is 0 Å². The zero-order valence-corrected chi connectivity index (χ0v) is 14.5. The Kier molecular flexibility index (Phi) is 3.55. The Morgan fingerprint density at radius 2 is 1.96 bits per heavy atom. The van der Waals surface area contributed by atoms with Crippen molar-refractivity contribution in [3.63, 3.8) is 0 Å². The first-order chi connectivity index (χ1) is 10.9. The van der Waals surface area contributed by atoms with Crippen LogP contribution in [-0.2, 0) is 9.53 Å². The minimum absolute atomic E-state index is 0.0310. The topological polar surface area (TPSA) is 46.5 Å². The van der Waals surface area contributed by atoms with Crippen LogP contribution in [0.3, 0.4) is 0 Å². The van der Waals surface area contributed by atoms with Crippen molar-refractivity contribution >= 4 is 6.29 Å². The molecule has 128 valence electrons. The highest BCUT2D eigenvalue weighted by atomic mass is 16.6. The molecule has 1 heterocycles. The maximum Gasteiger partial charge on any atom is 0.158 e. The second-order valence-corrected chi connectivity index (χ2v) is 9.06. The number of rotatable bonds is 2. The van der Waals surface area contributed by atoms with Gasteiger partial charge in [0.15, 0.2) is 6.29 Å². The fourth-order valence-electron chi connectivity index (χ4n) is 6.71. The quantitative estimate of drug-likeness (QED) is 0.623. The normalized spacial score (nSPS) is 55.7. The average molecular weight is 318 g/mol. The van der Waals surface area contributed by atoms with Gasteiger partial charge in [0.2, 0.25) is 0 Å². The number of allylic oxidation sites excluding steroid dienone is 1. The lowest BCUT2D eigenvalue weighted by atomic mass is 9.50. The Morgan fingerprint density at radius 3 is 2.70 bits per heavy atom. The van der Waals surface area contributed by atoms with Crippen LogP contribution in [0, 0.1) is 34.5 Å². The molecule has 3 saturated carbocycles. The van der Waals surface area contributed by atoms with Gasteiger partial charge in [-0.1, -0.05) is 26.0 Å². The van der Waals surface area contributed by atoms with Crippen LogP contribution in [0.15, 0.2) is 12.2 Å². The molecule has 4 aliphatic rings. The minimum atomic E-state index is -0.633. The lowest BCUT2D eigenvalue weighted by Crippen LogP contribution is -2.50. The number of carbonyl (C=O) groups excluding carboxylic acids is 1. The van der Waals surface area contributed by atoms with Gasteiger partial charge >= 0.3 is 0 Å². The second kappa shape index (κ2) is 5.16. The zero-order valence-electron chi connectivity index (χ0n) is 14.5. The first-order valence-electron chi connectivity index (χ1n) is 9.37. The van der Waals surface area contributed by atoms with E-state index in [4.69, 9.17) is 4.74 Å². The maximum absolute atomic E-state index is 12.1. The van der Waals surface area contributed by atoms with Gasteiger partial charge in [-0.15, -0.1) is 0 Å². The van der Waals surface area contributed by atoms with Gasteiger partial charge in [-0.25, -0.2) is 0 Å². The third-order valence-corrected chi connectivity index (χ3v) is 8.34. The van der Waals surface area contributed by atoms with Crippen molar-refractivity contribution in [2.24, 2.45) is 34.5 Å². The number of carbonyl (C=O) groups is 1. The Bertz CT molecular complexity index is 529. The molecule has 0 radical (unpaired) electrons. The predicted molar refractivity (Wildman–Crippen MR) is 88.6 cm³/mol. The van der Waals surface area contributed by atoms with E-state index in [1.54, 1.807) is 0 Å². The summed E-state index contributed by atoms with van der Waals surface area (Å²) in [5, 5.41) is 10.4. The lowest BCUT2D eigenvalue weighted by Gasteiger charge is -2.54. The Hall–Kier alpha value is -0.670.